The highest BCUT2D eigenvalue weighted by molar-refractivity contribution is 7.80. The number of carbonyl (C=O) groups excluding carboxylic acids is 2. The van der Waals surface area contributed by atoms with Gasteiger partial charge in [-0.15, -0.1) is 0 Å². The van der Waals surface area contributed by atoms with Gasteiger partial charge in [-0.2, -0.15) is 0 Å². The van der Waals surface area contributed by atoms with Gasteiger partial charge in [-0.1, -0.05) is 23.2 Å². The summed E-state index contributed by atoms with van der Waals surface area (Å²) in [7, 11) is 0. The van der Waals surface area contributed by atoms with Crippen LogP contribution in [0.3, 0.4) is 0 Å². The molecule has 2 aromatic carbocycles. The molecule has 3 N–H and O–H groups in total. The van der Waals surface area contributed by atoms with Crippen LogP contribution in [0, 0.1) is 0 Å². The van der Waals surface area contributed by atoms with Crippen molar-refractivity contribution < 1.29 is 19.1 Å². The van der Waals surface area contributed by atoms with E-state index in [2.05, 4.69) is 16.0 Å². The van der Waals surface area contributed by atoms with E-state index >= 15 is 0 Å². The Morgan fingerprint density at radius 2 is 1.94 bits per heavy atom. The Bertz CT molecular complexity index is 982. The van der Waals surface area contributed by atoms with Gasteiger partial charge in [0.15, 0.2) is 5.11 Å². The molecule has 1 fully saturated rings. The summed E-state index contributed by atoms with van der Waals surface area (Å²) >= 11 is 17.1. The predicted octanol–water partition coefficient (Wildman–Crippen LogP) is 4.57. The lowest BCUT2D eigenvalue weighted by atomic mass is 10.2. The second kappa shape index (κ2) is 12.7. The van der Waals surface area contributed by atoms with Crippen LogP contribution in [0.5, 0.6) is 5.75 Å². The molecule has 1 heterocycles. The molecule has 1 aliphatic heterocycles. The van der Waals surface area contributed by atoms with Crippen molar-refractivity contribution in [2.45, 2.75) is 31.8 Å². The van der Waals surface area contributed by atoms with E-state index in [0.29, 0.717) is 46.6 Å². The second-order valence-electron chi connectivity index (χ2n) is 7.45. The number of hydrogen-bond acceptors (Lipinski definition) is 5. The highest BCUT2D eigenvalue weighted by Crippen LogP contribution is 2.27. The molecular formula is C23H25Cl2N3O4S. The first-order valence-corrected chi connectivity index (χ1v) is 11.8. The summed E-state index contributed by atoms with van der Waals surface area (Å²) in [6, 6.07) is 11.8. The fourth-order valence-corrected chi connectivity index (χ4v) is 3.87. The summed E-state index contributed by atoms with van der Waals surface area (Å²) in [6.07, 6.45) is 2.82. The molecule has 1 aliphatic rings. The number of carbonyl (C=O) groups is 2. The minimum absolute atomic E-state index is 0.0951. The lowest BCUT2D eigenvalue weighted by Gasteiger charge is -2.12. The molecule has 1 saturated heterocycles. The van der Waals surface area contributed by atoms with E-state index in [-0.39, 0.29) is 29.5 Å². The molecule has 2 amide bonds. The first-order valence-electron chi connectivity index (χ1n) is 10.6. The zero-order chi connectivity index (χ0) is 23.6. The van der Waals surface area contributed by atoms with Crippen molar-refractivity contribution in [2.24, 2.45) is 0 Å². The maximum Gasteiger partial charge on any atom is 0.251 e. The molecule has 33 heavy (non-hydrogen) atoms. The van der Waals surface area contributed by atoms with Crippen molar-refractivity contribution >= 4 is 58.0 Å². The number of ether oxygens (including phenoxy) is 2. The van der Waals surface area contributed by atoms with Gasteiger partial charge in [-0.25, -0.2) is 0 Å². The topological polar surface area (TPSA) is 88.7 Å². The predicted molar refractivity (Wildman–Crippen MR) is 133 cm³/mol. The highest BCUT2D eigenvalue weighted by atomic mass is 35.5. The minimum Gasteiger partial charge on any atom is -0.492 e. The largest absolute Gasteiger partial charge is 0.492 e. The zero-order valence-corrected chi connectivity index (χ0v) is 20.2. The third kappa shape index (κ3) is 8.47. The van der Waals surface area contributed by atoms with Gasteiger partial charge >= 0.3 is 0 Å². The quantitative estimate of drug-likeness (QED) is 0.338. The summed E-state index contributed by atoms with van der Waals surface area (Å²) in [4.78, 5) is 24.3. The number of anilines is 1. The summed E-state index contributed by atoms with van der Waals surface area (Å²) < 4.78 is 11.1. The Balaban J connectivity index is 1.34. The van der Waals surface area contributed by atoms with Crippen molar-refractivity contribution in [1.82, 2.24) is 10.6 Å². The zero-order valence-electron chi connectivity index (χ0n) is 17.9. The van der Waals surface area contributed by atoms with Gasteiger partial charge in [0.2, 0.25) is 5.91 Å². The number of hydrogen-bond donors (Lipinski definition) is 3. The molecule has 0 spiro atoms. The van der Waals surface area contributed by atoms with E-state index < -0.39 is 0 Å². The smallest absolute Gasteiger partial charge is 0.251 e. The molecule has 0 saturated carbocycles. The average molecular weight is 510 g/mol. The van der Waals surface area contributed by atoms with Crippen LogP contribution in [-0.2, 0) is 9.53 Å². The van der Waals surface area contributed by atoms with Crippen LogP contribution < -0.4 is 20.7 Å². The number of rotatable bonds is 9. The van der Waals surface area contributed by atoms with Crippen LogP contribution >= 0.6 is 35.4 Å². The Morgan fingerprint density at radius 3 is 2.64 bits per heavy atom. The van der Waals surface area contributed by atoms with Gasteiger partial charge < -0.3 is 25.4 Å². The van der Waals surface area contributed by atoms with E-state index in [0.717, 1.165) is 19.4 Å². The molecule has 0 aromatic heterocycles. The Kier molecular flexibility index (Phi) is 9.75. The van der Waals surface area contributed by atoms with Gasteiger partial charge in [0, 0.05) is 35.8 Å². The number of nitrogens with one attached hydrogen (secondary N) is 3. The molecule has 1 unspecified atom stereocenters. The molecular weight excluding hydrogens is 485 g/mol. The van der Waals surface area contributed by atoms with E-state index in [1.165, 1.54) is 0 Å². The van der Waals surface area contributed by atoms with E-state index in [9.17, 15) is 9.59 Å². The van der Waals surface area contributed by atoms with Crippen LogP contribution in [0.15, 0.2) is 42.5 Å². The molecule has 7 nitrogen and oxygen atoms in total. The molecule has 1 atom stereocenters. The average Bonchev–Trinajstić information content (AvgIpc) is 3.30. The molecule has 0 aliphatic carbocycles. The molecule has 2 aromatic rings. The van der Waals surface area contributed by atoms with Gasteiger partial charge in [0.05, 0.1) is 17.7 Å². The lowest BCUT2D eigenvalue weighted by Crippen LogP contribution is -2.34. The first kappa shape index (κ1) is 25.2. The van der Waals surface area contributed by atoms with Gasteiger partial charge in [0.25, 0.3) is 5.91 Å². The van der Waals surface area contributed by atoms with Crippen LogP contribution in [0.1, 0.15) is 36.0 Å². The summed E-state index contributed by atoms with van der Waals surface area (Å²) in [6.45, 7) is 1.58. The van der Waals surface area contributed by atoms with E-state index in [1.807, 2.05) is 0 Å². The van der Waals surface area contributed by atoms with Crippen molar-refractivity contribution in [3.05, 3.63) is 58.1 Å². The monoisotopic (exact) mass is 509 g/mol. The van der Waals surface area contributed by atoms with Gasteiger partial charge in [-0.05, 0) is 73.9 Å². The molecule has 0 bridgehead atoms. The molecule has 10 heteroatoms. The van der Waals surface area contributed by atoms with E-state index in [1.54, 1.807) is 42.5 Å². The SMILES string of the molecule is O=C(CCCOc1ccc(Cl)cc1Cl)NC(=S)Nc1ccc(C(=O)NCC2CCCO2)cc1. The number of thiocarbonyl (C=S) groups is 1. The maximum atomic E-state index is 12.2. The second-order valence-corrected chi connectivity index (χ2v) is 8.70. The number of halogens is 2. The Hall–Kier alpha value is -2.39. The van der Waals surface area contributed by atoms with Crippen LogP contribution in [0.4, 0.5) is 5.69 Å². The lowest BCUT2D eigenvalue weighted by molar-refractivity contribution is -0.119. The van der Waals surface area contributed by atoms with Crippen molar-refractivity contribution in [1.29, 1.82) is 0 Å². The molecule has 3 rings (SSSR count). The summed E-state index contributed by atoms with van der Waals surface area (Å²) in [5, 5.41) is 9.56. The maximum absolute atomic E-state index is 12.2. The Morgan fingerprint density at radius 1 is 1.15 bits per heavy atom. The summed E-state index contributed by atoms with van der Waals surface area (Å²) in [5.41, 5.74) is 1.20. The number of amides is 2. The highest BCUT2D eigenvalue weighted by Gasteiger charge is 2.16. The van der Waals surface area contributed by atoms with Crippen LogP contribution in [-0.4, -0.2) is 42.8 Å². The standard InChI is InChI=1S/C23H25Cl2N3O4S/c24-16-7-10-20(19(25)13-16)32-12-2-4-21(29)28-23(33)27-17-8-5-15(6-9-17)22(30)26-14-18-3-1-11-31-18/h5-10,13,18H,1-4,11-12,14H2,(H,26,30)(H2,27,28,29,33). The van der Waals surface area contributed by atoms with Gasteiger partial charge in [-0.3, -0.25) is 9.59 Å². The van der Waals surface area contributed by atoms with Crippen molar-refractivity contribution in [3.63, 3.8) is 0 Å². The van der Waals surface area contributed by atoms with Crippen molar-refractivity contribution in [2.75, 3.05) is 25.1 Å². The fourth-order valence-electron chi connectivity index (χ4n) is 3.18. The molecule has 176 valence electrons. The molecule has 0 radical (unpaired) electrons. The number of benzene rings is 2. The first-order chi connectivity index (χ1) is 15.9. The van der Waals surface area contributed by atoms with Crippen molar-refractivity contribution in [3.8, 4) is 5.75 Å². The third-order valence-corrected chi connectivity index (χ3v) is 5.61. The Labute approximate surface area is 208 Å². The summed E-state index contributed by atoms with van der Waals surface area (Å²) in [5.74, 6) is 0.126. The van der Waals surface area contributed by atoms with Gasteiger partial charge in [0.1, 0.15) is 5.75 Å². The minimum atomic E-state index is -0.233. The fraction of sp³-hybridized carbons (Fsp3) is 0.348. The third-order valence-electron chi connectivity index (χ3n) is 4.87. The van der Waals surface area contributed by atoms with Crippen LogP contribution in [0.25, 0.3) is 0 Å². The van der Waals surface area contributed by atoms with E-state index in [4.69, 9.17) is 44.9 Å². The van der Waals surface area contributed by atoms with Crippen LogP contribution in [0.2, 0.25) is 10.0 Å². The normalized spacial score (nSPS) is 15.0.